The zero-order valence-electron chi connectivity index (χ0n) is 11.9. The highest BCUT2D eigenvalue weighted by Crippen LogP contribution is 2.14. The van der Waals surface area contributed by atoms with Crippen LogP contribution < -0.4 is 5.48 Å². The van der Waals surface area contributed by atoms with Crippen molar-refractivity contribution in [2.24, 2.45) is 5.92 Å². The van der Waals surface area contributed by atoms with Gasteiger partial charge in [0, 0.05) is 0 Å². The van der Waals surface area contributed by atoms with E-state index in [1.54, 1.807) is 41.5 Å². The predicted octanol–water partition coefficient (Wildman–Crippen LogP) is 2.03. The summed E-state index contributed by atoms with van der Waals surface area (Å²) in [5.74, 6) is -0.656. The average Bonchev–Trinajstić information content (AvgIpc) is 2.14. The fraction of sp³-hybridized carbons (Fsp3) is 0.833. The van der Waals surface area contributed by atoms with Crippen LogP contribution in [-0.2, 0) is 19.1 Å². The Bertz CT molecular complexity index is 283. The third-order valence-corrected chi connectivity index (χ3v) is 1.79. The summed E-state index contributed by atoms with van der Waals surface area (Å²) in [5, 5.41) is 0. The van der Waals surface area contributed by atoms with Crippen molar-refractivity contribution in [1.82, 2.24) is 5.48 Å². The summed E-state index contributed by atoms with van der Waals surface area (Å²) in [6, 6.07) is 0. The van der Waals surface area contributed by atoms with E-state index in [9.17, 15) is 9.59 Å². The van der Waals surface area contributed by atoms with Gasteiger partial charge in [0.05, 0.1) is 6.61 Å². The van der Waals surface area contributed by atoms with Gasteiger partial charge in [0.15, 0.2) is 6.10 Å². The van der Waals surface area contributed by atoms with Crippen LogP contribution in [-0.4, -0.2) is 30.4 Å². The average molecular weight is 261 g/mol. The topological polar surface area (TPSA) is 73.9 Å². The van der Waals surface area contributed by atoms with Gasteiger partial charge in [0.2, 0.25) is 0 Å². The van der Waals surface area contributed by atoms with Crippen LogP contribution in [0.25, 0.3) is 0 Å². The normalized spacial score (nSPS) is 13.1. The van der Waals surface area contributed by atoms with Gasteiger partial charge in [-0.2, -0.15) is 5.48 Å². The Morgan fingerprint density at radius 2 is 1.78 bits per heavy atom. The van der Waals surface area contributed by atoms with E-state index >= 15 is 0 Å². The highest BCUT2D eigenvalue weighted by atomic mass is 16.7. The maximum absolute atomic E-state index is 11.8. The van der Waals surface area contributed by atoms with E-state index in [4.69, 9.17) is 9.57 Å². The van der Waals surface area contributed by atoms with Crippen LogP contribution in [0, 0.1) is 5.92 Å². The first-order valence-corrected chi connectivity index (χ1v) is 5.98. The van der Waals surface area contributed by atoms with E-state index in [1.165, 1.54) is 0 Å². The SMILES string of the molecule is CCOC(=O)NO[C@@H](C(=O)OC(C)(C)C)C(C)C. The molecule has 0 aliphatic carbocycles. The Hall–Kier alpha value is -1.30. The third-order valence-electron chi connectivity index (χ3n) is 1.79. The molecule has 0 saturated carbocycles. The molecule has 0 aromatic rings. The molecule has 0 rings (SSSR count). The number of rotatable bonds is 5. The van der Waals surface area contributed by atoms with Crippen LogP contribution in [0.1, 0.15) is 41.5 Å². The van der Waals surface area contributed by atoms with E-state index in [0.717, 1.165) is 0 Å². The molecule has 0 aromatic heterocycles. The second-order valence-electron chi connectivity index (χ2n) is 5.14. The van der Waals surface area contributed by atoms with Gasteiger partial charge in [-0.1, -0.05) is 13.8 Å². The number of amides is 1. The number of hydrogen-bond donors (Lipinski definition) is 1. The summed E-state index contributed by atoms with van der Waals surface area (Å²) < 4.78 is 9.82. The molecule has 0 spiro atoms. The Balaban J connectivity index is 4.39. The van der Waals surface area contributed by atoms with E-state index in [-0.39, 0.29) is 12.5 Å². The molecule has 6 heteroatoms. The molecule has 0 fully saturated rings. The van der Waals surface area contributed by atoms with Gasteiger partial charge in [0.25, 0.3) is 0 Å². The van der Waals surface area contributed by atoms with Crippen molar-refractivity contribution in [3.63, 3.8) is 0 Å². The van der Waals surface area contributed by atoms with Crippen LogP contribution in [0.3, 0.4) is 0 Å². The molecule has 0 unspecified atom stereocenters. The Kier molecular flexibility index (Phi) is 6.68. The lowest BCUT2D eigenvalue weighted by Gasteiger charge is -2.25. The minimum absolute atomic E-state index is 0.137. The standard InChI is InChI=1S/C12H23NO5/c1-7-16-11(15)13-18-9(8(2)3)10(14)17-12(4,5)6/h8-9H,7H2,1-6H3,(H,13,15)/t9-/m1/s1. The first-order valence-electron chi connectivity index (χ1n) is 5.98. The molecule has 0 radical (unpaired) electrons. The molecule has 18 heavy (non-hydrogen) atoms. The molecule has 0 bridgehead atoms. The van der Waals surface area contributed by atoms with Gasteiger partial charge in [0.1, 0.15) is 5.60 Å². The van der Waals surface area contributed by atoms with Crippen LogP contribution in [0.5, 0.6) is 0 Å². The second kappa shape index (κ2) is 7.20. The lowest BCUT2D eigenvalue weighted by Crippen LogP contribution is -2.41. The lowest BCUT2D eigenvalue weighted by molar-refractivity contribution is -0.176. The molecular formula is C12H23NO5. The van der Waals surface area contributed by atoms with E-state index in [0.29, 0.717) is 0 Å². The first-order chi connectivity index (χ1) is 8.17. The Morgan fingerprint density at radius 3 is 2.17 bits per heavy atom. The van der Waals surface area contributed by atoms with Crippen LogP contribution in [0.2, 0.25) is 0 Å². The molecule has 0 heterocycles. The predicted molar refractivity (Wildman–Crippen MR) is 65.7 cm³/mol. The monoisotopic (exact) mass is 261 g/mol. The number of carbonyl (C=O) groups excluding carboxylic acids is 2. The third kappa shape index (κ3) is 7.11. The number of ether oxygens (including phenoxy) is 2. The smallest absolute Gasteiger partial charge is 0.431 e. The Morgan fingerprint density at radius 1 is 1.22 bits per heavy atom. The lowest BCUT2D eigenvalue weighted by atomic mass is 10.1. The minimum Gasteiger partial charge on any atom is -0.458 e. The number of hydroxylamine groups is 1. The number of nitrogens with one attached hydrogen (secondary N) is 1. The molecule has 0 aromatic carbocycles. The summed E-state index contributed by atoms with van der Waals surface area (Å²) in [4.78, 5) is 27.9. The van der Waals surface area contributed by atoms with Gasteiger partial charge in [-0.05, 0) is 33.6 Å². The van der Waals surface area contributed by atoms with Crippen LogP contribution in [0.15, 0.2) is 0 Å². The van der Waals surface area contributed by atoms with Crippen molar-refractivity contribution < 1.29 is 23.9 Å². The van der Waals surface area contributed by atoms with Crippen LogP contribution >= 0.6 is 0 Å². The highest BCUT2D eigenvalue weighted by Gasteiger charge is 2.29. The zero-order chi connectivity index (χ0) is 14.3. The van der Waals surface area contributed by atoms with Crippen molar-refractivity contribution in [3.05, 3.63) is 0 Å². The number of hydrogen-bond acceptors (Lipinski definition) is 5. The maximum atomic E-state index is 11.8. The van der Waals surface area contributed by atoms with Crippen molar-refractivity contribution in [3.8, 4) is 0 Å². The molecule has 1 N–H and O–H groups in total. The van der Waals surface area contributed by atoms with Gasteiger partial charge in [-0.3, -0.25) is 4.84 Å². The fourth-order valence-corrected chi connectivity index (χ4v) is 1.09. The van der Waals surface area contributed by atoms with Crippen LogP contribution in [0.4, 0.5) is 4.79 Å². The zero-order valence-corrected chi connectivity index (χ0v) is 11.9. The highest BCUT2D eigenvalue weighted by molar-refractivity contribution is 5.75. The van der Waals surface area contributed by atoms with Crippen molar-refractivity contribution in [2.75, 3.05) is 6.61 Å². The Labute approximate surface area is 108 Å². The van der Waals surface area contributed by atoms with Crippen molar-refractivity contribution in [2.45, 2.75) is 53.2 Å². The first kappa shape index (κ1) is 16.7. The number of esters is 1. The van der Waals surface area contributed by atoms with Gasteiger partial charge >= 0.3 is 12.1 Å². The van der Waals surface area contributed by atoms with Crippen molar-refractivity contribution in [1.29, 1.82) is 0 Å². The molecule has 0 aliphatic heterocycles. The van der Waals surface area contributed by atoms with E-state index in [1.807, 2.05) is 0 Å². The molecule has 1 atom stereocenters. The van der Waals surface area contributed by atoms with E-state index in [2.05, 4.69) is 10.2 Å². The summed E-state index contributed by atoms with van der Waals surface area (Å²) in [5.41, 5.74) is 1.47. The largest absolute Gasteiger partial charge is 0.458 e. The van der Waals surface area contributed by atoms with Gasteiger partial charge < -0.3 is 9.47 Å². The summed E-state index contributed by atoms with van der Waals surface area (Å²) >= 11 is 0. The summed E-state index contributed by atoms with van der Waals surface area (Å²) in [6.45, 7) is 10.8. The number of carbonyl (C=O) groups is 2. The molecule has 0 aliphatic rings. The molecule has 0 saturated heterocycles. The summed E-state index contributed by atoms with van der Waals surface area (Å²) in [7, 11) is 0. The maximum Gasteiger partial charge on any atom is 0.431 e. The van der Waals surface area contributed by atoms with Gasteiger partial charge in [-0.25, -0.2) is 9.59 Å². The second-order valence-corrected chi connectivity index (χ2v) is 5.14. The minimum atomic E-state index is -0.867. The van der Waals surface area contributed by atoms with Crippen molar-refractivity contribution >= 4 is 12.1 Å². The molecule has 106 valence electrons. The quantitative estimate of drug-likeness (QED) is 0.605. The van der Waals surface area contributed by atoms with E-state index < -0.39 is 23.8 Å². The fourth-order valence-electron chi connectivity index (χ4n) is 1.09. The van der Waals surface area contributed by atoms with Gasteiger partial charge in [-0.15, -0.1) is 0 Å². The molecule has 6 nitrogen and oxygen atoms in total. The molecular weight excluding hydrogens is 238 g/mol. The summed E-state index contributed by atoms with van der Waals surface area (Å²) in [6.07, 6.45) is -1.60. The molecule has 1 amide bonds.